The van der Waals surface area contributed by atoms with Gasteiger partial charge in [-0.3, -0.25) is 4.90 Å². The standard InChI is InChI=1S/C14H19BrClNO2/c1-2-17-5-6-19-14(9-17)13(18)7-10-3-4-11(15)8-12(10)16/h3-4,8,13-14,18H,2,5-7,9H2,1H3. The summed E-state index contributed by atoms with van der Waals surface area (Å²) >= 11 is 9.55. The number of halogens is 2. The van der Waals surface area contributed by atoms with Crippen molar-refractivity contribution in [2.75, 3.05) is 26.2 Å². The zero-order valence-electron chi connectivity index (χ0n) is 11.0. The van der Waals surface area contributed by atoms with Crippen LogP contribution in [-0.4, -0.2) is 48.5 Å². The third-order valence-electron chi connectivity index (χ3n) is 3.50. The van der Waals surface area contributed by atoms with Gasteiger partial charge in [0.1, 0.15) is 0 Å². The Morgan fingerprint density at radius 3 is 3.05 bits per heavy atom. The summed E-state index contributed by atoms with van der Waals surface area (Å²) in [5.74, 6) is 0. The average Bonchev–Trinajstić information content (AvgIpc) is 2.42. The van der Waals surface area contributed by atoms with Gasteiger partial charge in [-0.05, 0) is 24.2 Å². The molecule has 1 aliphatic heterocycles. The summed E-state index contributed by atoms with van der Waals surface area (Å²) < 4.78 is 6.61. The molecule has 5 heteroatoms. The average molecular weight is 349 g/mol. The molecule has 0 aromatic heterocycles. The van der Waals surface area contributed by atoms with E-state index in [1.165, 1.54) is 0 Å². The zero-order valence-corrected chi connectivity index (χ0v) is 13.3. The Balaban J connectivity index is 1.98. The normalized spacial score (nSPS) is 22.4. The van der Waals surface area contributed by atoms with Crippen molar-refractivity contribution in [1.82, 2.24) is 4.90 Å². The van der Waals surface area contributed by atoms with Crippen LogP contribution in [0.4, 0.5) is 0 Å². The van der Waals surface area contributed by atoms with Crippen LogP contribution in [0.2, 0.25) is 5.02 Å². The maximum atomic E-state index is 10.3. The van der Waals surface area contributed by atoms with E-state index in [0.717, 1.165) is 29.7 Å². The van der Waals surface area contributed by atoms with E-state index in [1.807, 2.05) is 18.2 Å². The van der Waals surface area contributed by atoms with Gasteiger partial charge in [-0.2, -0.15) is 0 Å². The van der Waals surface area contributed by atoms with E-state index in [-0.39, 0.29) is 6.10 Å². The number of hydrogen-bond donors (Lipinski definition) is 1. The summed E-state index contributed by atoms with van der Waals surface area (Å²) in [5, 5.41) is 11.0. The Bertz CT molecular complexity index is 430. The first-order chi connectivity index (χ1) is 9.10. The Morgan fingerprint density at radius 2 is 2.37 bits per heavy atom. The summed E-state index contributed by atoms with van der Waals surface area (Å²) in [6, 6.07) is 5.73. The quantitative estimate of drug-likeness (QED) is 0.908. The van der Waals surface area contributed by atoms with Gasteiger partial charge in [0.05, 0.1) is 18.8 Å². The van der Waals surface area contributed by atoms with Crippen molar-refractivity contribution in [3.05, 3.63) is 33.3 Å². The fourth-order valence-corrected chi connectivity index (χ4v) is 3.05. The molecule has 0 spiro atoms. The van der Waals surface area contributed by atoms with Crippen molar-refractivity contribution in [3.8, 4) is 0 Å². The summed E-state index contributed by atoms with van der Waals surface area (Å²) in [6.45, 7) is 5.53. The number of benzene rings is 1. The number of aliphatic hydroxyl groups excluding tert-OH is 1. The first-order valence-corrected chi connectivity index (χ1v) is 7.73. The van der Waals surface area contributed by atoms with E-state index < -0.39 is 6.10 Å². The number of likely N-dealkylation sites (N-methyl/N-ethyl adjacent to an activating group) is 1. The molecule has 1 heterocycles. The highest BCUT2D eigenvalue weighted by atomic mass is 79.9. The zero-order chi connectivity index (χ0) is 13.8. The van der Waals surface area contributed by atoms with E-state index >= 15 is 0 Å². The molecular weight excluding hydrogens is 330 g/mol. The molecule has 2 unspecified atom stereocenters. The second-order valence-corrected chi connectivity index (χ2v) is 6.13. The number of aliphatic hydroxyl groups is 1. The van der Waals surface area contributed by atoms with Crippen LogP contribution < -0.4 is 0 Å². The van der Waals surface area contributed by atoms with Crippen LogP contribution in [0.1, 0.15) is 12.5 Å². The van der Waals surface area contributed by atoms with Crippen LogP contribution in [0, 0.1) is 0 Å². The van der Waals surface area contributed by atoms with Gasteiger partial charge < -0.3 is 9.84 Å². The molecule has 1 N–H and O–H groups in total. The van der Waals surface area contributed by atoms with E-state index in [9.17, 15) is 5.11 Å². The molecule has 0 amide bonds. The van der Waals surface area contributed by atoms with Crippen LogP contribution in [0.25, 0.3) is 0 Å². The van der Waals surface area contributed by atoms with Gasteiger partial charge in [0.2, 0.25) is 0 Å². The summed E-state index contributed by atoms with van der Waals surface area (Å²) in [4.78, 5) is 2.29. The van der Waals surface area contributed by atoms with Gasteiger partial charge in [-0.15, -0.1) is 0 Å². The smallest absolute Gasteiger partial charge is 0.0964 e. The van der Waals surface area contributed by atoms with Gasteiger partial charge >= 0.3 is 0 Å². The lowest BCUT2D eigenvalue weighted by Gasteiger charge is -2.34. The molecule has 19 heavy (non-hydrogen) atoms. The number of nitrogens with zero attached hydrogens (tertiary/aromatic N) is 1. The minimum Gasteiger partial charge on any atom is -0.390 e. The van der Waals surface area contributed by atoms with Crippen molar-refractivity contribution in [2.45, 2.75) is 25.6 Å². The van der Waals surface area contributed by atoms with Gasteiger partial charge in [0.25, 0.3) is 0 Å². The van der Waals surface area contributed by atoms with Gasteiger partial charge in [0.15, 0.2) is 0 Å². The monoisotopic (exact) mass is 347 g/mol. The van der Waals surface area contributed by atoms with Crippen LogP contribution in [0.5, 0.6) is 0 Å². The van der Waals surface area contributed by atoms with Crippen LogP contribution in [0.15, 0.2) is 22.7 Å². The maximum absolute atomic E-state index is 10.3. The topological polar surface area (TPSA) is 32.7 Å². The maximum Gasteiger partial charge on any atom is 0.0964 e. The van der Waals surface area contributed by atoms with E-state index in [0.29, 0.717) is 18.1 Å². The number of morpholine rings is 1. The van der Waals surface area contributed by atoms with Gasteiger partial charge in [0, 0.05) is 29.0 Å². The molecule has 1 aliphatic rings. The summed E-state index contributed by atoms with van der Waals surface area (Å²) in [5.41, 5.74) is 0.953. The number of hydrogen-bond acceptors (Lipinski definition) is 3. The number of ether oxygens (including phenoxy) is 1. The Labute approximate surface area is 127 Å². The van der Waals surface area contributed by atoms with Gasteiger partial charge in [-0.25, -0.2) is 0 Å². The predicted octanol–water partition coefficient (Wildman–Crippen LogP) is 2.73. The molecule has 0 saturated carbocycles. The lowest BCUT2D eigenvalue weighted by molar-refractivity contribution is -0.0867. The Morgan fingerprint density at radius 1 is 1.58 bits per heavy atom. The highest BCUT2D eigenvalue weighted by Gasteiger charge is 2.26. The molecule has 1 fully saturated rings. The highest BCUT2D eigenvalue weighted by molar-refractivity contribution is 9.10. The molecule has 1 aromatic carbocycles. The van der Waals surface area contributed by atoms with Crippen LogP contribution >= 0.6 is 27.5 Å². The highest BCUT2D eigenvalue weighted by Crippen LogP contribution is 2.23. The summed E-state index contributed by atoms with van der Waals surface area (Å²) in [6.07, 6.45) is -0.129. The lowest BCUT2D eigenvalue weighted by atomic mass is 10.0. The molecule has 2 rings (SSSR count). The van der Waals surface area contributed by atoms with Gasteiger partial charge in [-0.1, -0.05) is 40.5 Å². The van der Waals surface area contributed by atoms with E-state index in [1.54, 1.807) is 0 Å². The minimum atomic E-state index is -0.520. The summed E-state index contributed by atoms with van der Waals surface area (Å²) in [7, 11) is 0. The first kappa shape index (κ1) is 15.3. The van der Waals surface area contributed by atoms with Crippen LogP contribution in [0.3, 0.4) is 0 Å². The second kappa shape index (κ2) is 7.04. The largest absolute Gasteiger partial charge is 0.390 e. The molecule has 2 atom stereocenters. The number of rotatable bonds is 4. The van der Waals surface area contributed by atoms with E-state index in [4.69, 9.17) is 16.3 Å². The van der Waals surface area contributed by atoms with E-state index in [2.05, 4.69) is 27.8 Å². The Hall–Kier alpha value is -0.130. The molecule has 0 radical (unpaired) electrons. The molecule has 1 aromatic rings. The lowest BCUT2D eigenvalue weighted by Crippen LogP contribution is -2.48. The molecule has 3 nitrogen and oxygen atoms in total. The second-order valence-electron chi connectivity index (χ2n) is 4.81. The van der Waals surface area contributed by atoms with Crippen molar-refractivity contribution >= 4 is 27.5 Å². The molecule has 1 saturated heterocycles. The van der Waals surface area contributed by atoms with Crippen molar-refractivity contribution in [1.29, 1.82) is 0 Å². The molecular formula is C14H19BrClNO2. The fourth-order valence-electron chi connectivity index (χ4n) is 2.30. The third kappa shape index (κ3) is 4.17. The third-order valence-corrected chi connectivity index (χ3v) is 4.34. The SMILES string of the molecule is CCN1CCOC(C(O)Cc2ccc(Br)cc2Cl)C1. The molecule has 0 bridgehead atoms. The Kier molecular flexibility index (Phi) is 5.66. The van der Waals surface area contributed by atoms with Crippen molar-refractivity contribution in [2.24, 2.45) is 0 Å². The minimum absolute atomic E-state index is 0.131. The predicted molar refractivity (Wildman–Crippen MR) is 80.7 cm³/mol. The first-order valence-electron chi connectivity index (χ1n) is 6.56. The molecule has 106 valence electrons. The molecule has 0 aliphatic carbocycles. The fraction of sp³-hybridized carbons (Fsp3) is 0.571. The van der Waals surface area contributed by atoms with Crippen molar-refractivity contribution < 1.29 is 9.84 Å². The van der Waals surface area contributed by atoms with Crippen LogP contribution in [-0.2, 0) is 11.2 Å². The van der Waals surface area contributed by atoms with Crippen molar-refractivity contribution in [3.63, 3.8) is 0 Å².